The molecule has 39 heavy (non-hydrogen) atoms. The number of nitrogens with zero attached hydrogens (tertiary/aromatic N) is 3. The number of hydrogen-bond acceptors (Lipinski definition) is 13. The average Bonchev–Trinajstić information content (AvgIpc) is 3.27. The number of carbonyl (C=O) groups excluding carboxylic acids is 4. The van der Waals surface area contributed by atoms with E-state index in [4.69, 9.17) is 28.1 Å². The molecule has 1 fully saturated rings. The van der Waals surface area contributed by atoms with E-state index in [-0.39, 0.29) is 64.1 Å². The summed E-state index contributed by atoms with van der Waals surface area (Å²) in [4.78, 5) is 70.3. The number of esters is 1. The van der Waals surface area contributed by atoms with Gasteiger partial charge in [0.15, 0.2) is 10.8 Å². The molecule has 2 atom stereocenters. The van der Waals surface area contributed by atoms with Crippen LogP contribution in [0.1, 0.15) is 26.0 Å². The number of amidine groups is 1. The Morgan fingerprint density at radius 1 is 1.33 bits per heavy atom. The van der Waals surface area contributed by atoms with Crippen LogP contribution < -0.4 is 16.4 Å². The Kier molecular flexibility index (Phi) is 10.9. The highest BCUT2D eigenvalue weighted by atomic mass is 35.5. The third kappa shape index (κ3) is 7.71. The lowest BCUT2D eigenvalue weighted by molar-refractivity contribution is -0.150. The molecular formula is C20H22ClN7O8S3. The third-order valence-electron chi connectivity index (χ3n) is 4.81. The molecule has 1 aromatic rings. The van der Waals surface area contributed by atoms with E-state index in [0.29, 0.717) is 0 Å². The molecular weight excluding hydrogens is 598 g/mol. The van der Waals surface area contributed by atoms with Crippen molar-refractivity contribution in [3.63, 3.8) is 0 Å². The number of ether oxygens (including phenoxy) is 1. The van der Waals surface area contributed by atoms with Crippen LogP contribution in [-0.4, -0.2) is 85.0 Å². The van der Waals surface area contributed by atoms with E-state index < -0.39 is 46.8 Å². The molecule has 2 aliphatic rings. The first-order valence-corrected chi connectivity index (χ1v) is 12.9. The van der Waals surface area contributed by atoms with Crippen LogP contribution >= 0.6 is 47.7 Å². The molecule has 210 valence electrons. The van der Waals surface area contributed by atoms with Crippen LogP contribution in [0, 0.1) is 5.41 Å². The second-order valence-electron chi connectivity index (χ2n) is 7.71. The zero-order valence-electron chi connectivity index (χ0n) is 20.2. The Hall–Kier alpha value is -3.61. The van der Waals surface area contributed by atoms with Gasteiger partial charge in [0, 0.05) is 30.6 Å². The molecule has 1 saturated heterocycles. The van der Waals surface area contributed by atoms with E-state index in [0.717, 1.165) is 23.2 Å². The fraction of sp³-hybridized carbons (Fsp3) is 0.350. The molecule has 1 unspecified atom stereocenters. The highest BCUT2D eigenvalue weighted by Gasteiger charge is 2.54. The van der Waals surface area contributed by atoms with Gasteiger partial charge in [-0.1, -0.05) is 17.4 Å². The molecule has 6 N–H and O–H groups in total. The predicted octanol–water partition coefficient (Wildman–Crippen LogP) is 0.199. The minimum absolute atomic E-state index is 0. The molecule has 2 amide bonds. The number of carboxylic acids is 1. The number of fused-ring (bicyclic) bond motifs is 1. The van der Waals surface area contributed by atoms with Crippen LogP contribution in [0.5, 0.6) is 0 Å². The number of oxime groups is 1. The van der Waals surface area contributed by atoms with Crippen molar-refractivity contribution < 1.29 is 38.7 Å². The van der Waals surface area contributed by atoms with Gasteiger partial charge in [0.25, 0.3) is 11.8 Å². The Balaban J connectivity index is 0.00000533. The maximum absolute atomic E-state index is 13.1. The van der Waals surface area contributed by atoms with Gasteiger partial charge in [-0.15, -0.1) is 35.5 Å². The summed E-state index contributed by atoms with van der Waals surface area (Å²) in [5.74, 6) is -4.40. The number of hydrogen-bond donors (Lipinski definition) is 5. The number of thioether (sulfide) groups is 1. The lowest BCUT2D eigenvalue weighted by Gasteiger charge is -2.49. The molecule has 0 aromatic carbocycles. The van der Waals surface area contributed by atoms with E-state index in [1.807, 2.05) is 0 Å². The van der Waals surface area contributed by atoms with E-state index >= 15 is 0 Å². The molecule has 1 aromatic heterocycles. The number of thiocarbonyl (C=S) groups is 1. The lowest BCUT2D eigenvalue weighted by atomic mass is 10.0. The van der Waals surface area contributed by atoms with Crippen LogP contribution in [0.15, 0.2) is 21.8 Å². The van der Waals surface area contributed by atoms with Gasteiger partial charge in [0.05, 0.1) is 17.2 Å². The molecule has 0 aliphatic carbocycles. The fourth-order valence-corrected chi connectivity index (χ4v) is 5.65. The Morgan fingerprint density at radius 3 is 2.62 bits per heavy atom. The number of nitrogens with two attached hydrogens (primary N) is 1. The maximum Gasteiger partial charge on any atom is 0.352 e. The highest BCUT2D eigenvalue weighted by molar-refractivity contribution is 8.00. The highest BCUT2D eigenvalue weighted by Crippen LogP contribution is 2.40. The van der Waals surface area contributed by atoms with Crippen molar-refractivity contribution in [2.75, 3.05) is 17.7 Å². The number of thiazole rings is 1. The summed E-state index contributed by atoms with van der Waals surface area (Å²) >= 11 is 7.30. The molecule has 0 spiro atoms. The number of aliphatic carboxylic acids is 1. The van der Waals surface area contributed by atoms with E-state index in [1.165, 1.54) is 24.1 Å². The van der Waals surface area contributed by atoms with E-state index in [9.17, 15) is 29.1 Å². The van der Waals surface area contributed by atoms with Crippen molar-refractivity contribution in [1.29, 1.82) is 5.41 Å². The maximum atomic E-state index is 13.1. The zero-order valence-corrected chi connectivity index (χ0v) is 23.5. The van der Waals surface area contributed by atoms with Gasteiger partial charge in [-0.2, -0.15) is 0 Å². The molecule has 19 heteroatoms. The minimum Gasteiger partial charge on any atom is -0.477 e. The van der Waals surface area contributed by atoms with Gasteiger partial charge < -0.3 is 31.0 Å². The Morgan fingerprint density at radius 2 is 2.03 bits per heavy atom. The number of rotatable bonds is 10. The summed E-state index contributed by atoms with van der Waals surface area (Å²) < 4.78 is 4.89. The normalized spacial score (nSPS) is 18.2. The topological polar surface area (TPSA) is 226 Å². The molecule has 0 saturated carbocycles. The van der Waals surface area contributed by atoms with Crippen molar-refractivity contribution in [2.45, 2.75) is 31.7 Å². The standard InChI is InChI=1S/C20H21N7O8S3.ClH/c1-7(28)34-4-9-5-37-18-14(17(31)27(18)15(9)19(32)33)25-16(30)13(26-35-8(2)29)10-6-38-20(23-10)24-12(36)3-11(21)22;/h6,14,18H,3-5H2,1-2H3,(H3,21,22)(H,25,30)(H,32,33)(H,23,24,36);1H/t14?,18-;/m1./s1. The number of halogens is 1. The second kappa shape index (κ2) is 13.5. The van der Waals surface area contributed by atoms with Crippen LogP contribution in [0.25, 0.3) is 0 Å². The third-order valence-corrected chi connectivity index (χ3v) is 7.15. The summed E-state index contributed by atoms with van der Waals surface area (Å²) in [6.07, 6.45) is -0.00611. The van der Waals surface area contributed by atoms with Gasteiger partial charge >= 0.3 is 17.9 Å². The van der Waals surface area contributed by atoms with E-state index in [1.54, 1.807) is 0 Å². The van der Waals surface area contributed by atoms with Gasteiger partial charge in [0.1, 0.15) is 29.4 Å². The first-order chi connectivity index (χ1) is 17.9. The van der Waals surface area contributed by atoms with Crippen LogP contribution in [0.2, 0.25) is 0 Å². The Bertz CT molecular complexity index is 1300. The molecule has 3 rings (SSSR count). The van der Waals surface area contributed by atoms with Gasteiger partial charge in [-0.25, -0.2) is 14.6 Å². The van der Waals surface area contributed by atoms with Crippen molar-refractivity contribution >= 4 is 99.1 Å². The number of aromatic nitrogens is 1. The monoisotopic (exact) mass is 619 g/mol. The number of carboxylic acid groups (broad SMARTS) is 1. The van der Waals surface area contributed by atoms with Crippen LogP contribution in [0.4, 0.5) is 5.13 Å². The summed E-state index contributed by atoms with van der Waals surface area (Å²) in [5.41, 5.74) is 4.84. The number of anilines is 1. The number of β-lactam (4-membered cyclic amide) rings is 1. The summed E-state index contributed by atoms with van der Waals surface area (Å²) in [7, 11) is 0. The first kappa shape index (κ1) is 31.6. The average molecular weight is 620 g/mol. The van der Waals surface area contributed by atoms with Crippen LogP contribution in [-0.2, 0) is 33.5 Å². The molecule has 15 nitrogen and oxygen atoms in total. The molecule has 0 bridgehead atoms. The molecule has 0 radical (unpaired) electrons. The minimum atomic E-state index is -1.38. The summed E-state index contributed by atoms with van der Waals surface area (Å²) in [5, 5.41) is 26.7. The lowest BCUT2D eigenvalue weighted by Crippen LogP contribution is -2.71. The summed E-state index contributed by atoms with van der Waals surface area (Å²) in [6, 6.07) is -1.11. The van der Waals surface area contributed by atoms with Crippen molar-refractivity contribution in [2.24, 2.45) is 10.9 Å². The van der Waals surface area contributed by atoms with E-state index in [2.05, 4.69) is 25.6 Å². The van der Waals surface area contributed by atoms with Gasteiger partial charge in [-0.05, 0) is 0 Å². The smallest absolute Gasteiger partial charge is 0.352 e. The zero-order chi connectivity index (χ0) is 28.1. The van der Waals surface area contributed by atoms with Crippen molar-refractivity contribution in [3.8, 4) is 0 Å². The van der Waals surface area contributed by atoms with Crippen molar-refractivity contribution in [3.05, 3.63) is 22.3 Å². The number of amides is 2. The molecule has 3 heterocycles. The quantitative estimate of drug-likeness (QED) is 0.0449. The first-order valence-electron chi connectivity index (χ1n) is 10.6. The summed E-state index contributed by atoms with van der Waals surface area (Å²) in [6.45, 7) is 1.97. The van der Waals surface area contributed by atoms with Crippen molar-refractivity contribution in [1.82, 2.24) is 15.2 Å². The van der Waals surface area contributed by atoms with Gasteiger partial charge in [0.2, 0.25) is 0 Å². The van der Waals surface area contributed by atoms with Gasteiger partial charge in [-0.3, -0.25) is 24.7 Å². The Labute approximate surface area is 240 Å². The second-order valence-corrected chi connectivity index (χ2v) is 10.2. The van der Waals surface area contributed by atoms with Crippen LogP contribution in [0.3, 0.4) is 0 Å². The fourth-order valence-electron chi connectivity index (χ4n) is 3.28. The largest absolute Gasteiger partial charge is 0.477 e. The number of carbonyl (C=O) groups is 5. The number of nitrogens with one attached hydrogen (secondary N) is 3. The SMILES string of the molecule is CC(=O)OCC1=C(C(=O)O)N2C(=O)C(NC(=O)C(=NOC(C)=O)c3csc(NC(=S)CC(=N)N)n3)[C@H]2SC1.Cl. The predicted molar refractivity (Wildman–Crippen MR) is 147 cm³/mol. The molecule has 2 aliphatic heterocycles.